The SMILES string of the molecule is CC(C)C(NC(=O)OC(C)(C)C)C(=O)OC(C(=O)O)C1CCN(S(=O)(=O)c2cc(C(=O)Nc3cc(F)c(F)c(F)c3)ccc2F)CC1. The second-order valence-corrected chi connectivity index (χ2v) is 14.1. The van der Waals surface area contributed by atoms with Gasteiger partial charge in [-0.3, -0.25) is 4.79 Å². The van der Waals surface area contributed by atoms with Crippen molar-refractivity contribution in [2.24, 2.45) is 11.8 Å². The van der Waals surface area contributed by atoms with E-state index in [0.717, 1.165) is 10.4 Å². The van der Waals surface area contributed by atoms with Gasteiger partial charge in [0.15, 0.2) is 17.5 Å². The third-order valence-corrected chi connectivity index (χ3v) is 8.97. The Morgan fingerprint density at radius 2 is 1.53 bits per heavy atom. The number of rotatable bonds is 10. The number of benzene rings is 2. The van der Waals surface area contributed by atoms with Gasteiger partial charge in [0.05, 0.1) is 0 Å². The van der Waals surface area contributed by atoms with Gasteiger partial charge >= 0.3 is 18.0 Å². The monoisotopic (exact) mass is 689 g/mol. The number of sulfonamides is 1. The van der Waals surface area contributed by atoms with Crippen molar-refractivity contribution in [3.05, 3.63) is 59.2 Å². The van der Waals surface area contributed by atoms with E-state index >= 15 is 0 Å². The highest BCUT2D eigenvalue weighted by Crippen LogP contribution is 2.29. The molecule has 0 radical (unpaired) electrons. The lowest BCUT2D eigenvalue weighted by atomic mass is 9.92. The molecule has 2 unspecified atom stereocenters. The summed E-state index contributed by atoms with van der Waals surface area (Å²) in [4.78, 5) is 49.1. The first-order chi connectivity index (χ1) is 21.7. The van der Waals surface area contributed by atoms with Crippen LogP contribution in [0.1, 0.15) is 57.8 Å². The lowest BCUT2D eigenvalue weighted by Crippen LogP contribution is -2.50. The first kappa shape index (κ1) is 37.2. The van der Waals surface area contributed by atoms with E-state index in [1.807, 2.05) is 0 Å². The Kier molecular flexibility index (Phi) is 11.6. The Hall–Kier alpha value is -4.25. The number of amides is 2. The van der Waals surface area contributed by atoms with Gasteiger partial charge in [-0.1, -0.05) is 13.8 Å². The van der Waals surface area contributed by atoms with Crippen LogP contribution < -0.4 is 10.6 Å². The van der Waals surface area contributed by atoms with E-state index in [-0.39, 0.29) is 25.9 Å². The van der Waals surface area contributed by atoms with Crippen LogP contribution >= 0.6 is 0 Å². The molecular formula is C30H35F4N3O9S. The van der Waals surface area contributed by atoms with Crippen LogP contribution in [0.4, 0.5) is 28.0 Å². The Bertz CT molecular complexity index is 1620. The average molecular weight is 690 g/mol. The molecule has 3 rings (SSSR count). The Morgan fingerprint density at radius 3 is 2.04 bits per heavy atom. The number of carboxylic acids is 1. The van der Waals surface area contributed by atoms with Crippen LogP contribution in [0.15, 0.2) is 35.2 Å². The topological polar surface area (TPSA) is 168 Å². The first-order valence-electron chi connectivity index (χ1n) is 14.4. The molecule has 1 saturated heterocycles. The van der Waals surface area contributed by atoms with Crippen molar-refractivity contribution in [1.29, 1.82) is 0 Å². The molecule has 2 aromatic carbocycles. The number of alkyl carbamates (subject to hydrolysis) is 1. The normalized spacial score (nSPS) is 15.9. The van der Waals surface area contributed by atoms with E-state index in [2.05, 4.69) is 10.6 Å². The van der Waals surface area contributed by atoms with Crippen molar-refractivity contribution in [1.82, 2.24) is 9.62 Å². The molecule has 0 saturated carbocycles. The highest BCUT2D eigenvalue weighted by Gasteiger charge is 2.40. The summed E-state index contributed by atoms with van der Waals surface area (Å²) < 4.78 is 93.2. The zero-order valence-corrected chi connectivity index (χ0v) is 26.9. The maximum atomic E-state index is 14.8. The number of piperidine rings is 1. The molecular weight excluding hydrogens is 654 g/mol. The molecule has 0 spiro atoms. The van der Waals surface area contributed by atoms with Gasteiger partial charge in [-0.15, -0.1) is 0 Å². The van der Waals surface area contributed by atoms with Gasteiger partial charge in [0.2, 0.25) is 16.1 Å². The molecule has 2 atom stereocenters. The molecule has 2 aromatic rings. The van der Waals surface area contributed by atoms with Crippen molar-refractivity contribution < 1.29 is 59.7 Å². The highest BCUT2D eigenvalue weighted by atomic mass is 32.2. The van der Waals surface area contributed by atoms with E-state index in [0.29, 0.717) is 24.3 Å². The number of anilines is 1. The molecule has 1 aliphatic rings. The fourth-order valence-electron chi connectivity index (χ4n) is 4.71. The van der Waals surface area contributed by atoms with Gasteiger partial charge in [0.1, 0.15) is 22.4 Å². The quantitative estimate of drug-likeness (QED) is 0.186. The van der Waals surface area contributed by atoms with E-state index < -0.39 is 103 Å². The van der Waals surface area contributed by atoms with Gasteiger partial charge in [0.25, 0.3) is 5.91 Å². The minimum absolute atomic E-state index is 0.112. The number of halogens is 4. The zero-order chi connectivity index (χ0) is 35.4. The van der Waals surface area contributed by atoms with Gasteiger partial charge in [-0.2, -0.15) is 4.31 Å². The largest absolute Gasteiger partial charge is 0.478 e. The summed E-state index contributed by atoms with van der Waals surface area (Å²) in [6, 6.07) is 2.11. The summed E-state index contributed by atoms with van der Waals surface area (Å²) in [7, 11) is -4.59. The van der Waals surface area contributed by atoms with Crippen LogP contribution in [-0.2, 0) is 29.1 Å². The van der Waals surface area contributed by atoms with Gasteiger partial charge in [-0.25, -0.2) is 40.4 Å². The lowest BCUT2D eigenvalue weighted by Gasteiger charge is -2.34. The summed E-state index contributed by atoms with van der Waals surface area (Å²) in [6.07, 6.45) is -2.83. The number of ether oxygens (including phenoxy) is 2. The number of nitrogens with zero attached hydrogens (tertiary/aromatic N) is 1. The molecule has 47 heavy (non-hydrogen) atoms. The third kappa shape index (κ3) is 9.41. The molecule has 258 valence electrons. The number of hydrogen-bond acceptors (Lipinski definition) is 8. The maximum absolute atomic E-state index is 14.8. The number of carboxylic acid groups (broad SMARTS) is 1. The van der Waals surface area contributed by atoms with Crippen molar-refractivity contribution in [2.45, 2.75) is 70.1 Å². The van der Waals surface area contributed by atoms with Crippen molar-refractivity contribution in [2.75, 3.05) is 18.4 Å². The minimum atomic E-state index is -4.59. The van der Waals surface area contributed by atoms with Gasteiger partial charge < -0.3 is 25.2 Å². The minimum Gasteiger partial charge on any atom is -0.478 e. The maximum Gasteiger partial charge on any atom is 0.408 e. The predicted molar refractivity (Wildman–Crippen MR) is 158 cm³/mol. The van der Waals surface area contributed by atoms with Crippen LogP contribution in [-0.4, -0.2) is 72.6 Å². The molecule has 3 N–H and O–H groups in total. The van der Waals surface area contributed by atoms with Gasteiger partial charge in [0, 0.05) is 42.4 Å². The number of nitrogens with one attached hydrogen (secondary N) is 2. The molecule has 2 amide bonds. The molecule has 1 heterocycles. The van der Waals surface area contributed by atoms with Crippen LogP contribution in [0, 0.1) is 35.1 Å². The van der Waals surface area contributed by atoms with E-state index in [1.165, 1.54) is 0 Å². The fourth-order valence-corrected chi connectivity index (χ4v) is 6.27. The lowest BCUT2D eigenvalue weighted by molar-refractivity contribution is -0.171. The van der Waals surface area contributed by atoms with Gasteiger partial charge in [-0.05, 0) is 57.7 Å². The smallest absolute Gasteiger partial charge is 0.408 e. The molecule has 17 heteroatoms. The molecule has 0 bridgehead atoms. The van der Waals surface area contributed by atoms with Crippen LogP contribution in [0.3, 0.4) is 0 Å². The number of aliphatic carboxylic acids is 1. The van der Waals surface area contributed by atoms with Crippen LogP contribution in [0.2, 0.25) is 0 Å². The summed E-state index contributed by atoms with van der Waals surface area (Å²) in [6.45, 7) is 7.45. The number of carbonyl (C=O) groups is 4. The molecule has 0 aromatic heterocycles. The second-order valence-electron chi connectivity index (χ2n) is 12.2. The Balaban J connectivity index is 1.72. The third-order valence-electron chi connectivity index (χ3n) is 7.06. The van der Waals surface area contributed by atoms with Crippen molar-refractivity contribution in [3.8, 4) is 0 Å². The summed E-state index contributed by atoms with van der Waals surface area (Å²) >= 11 is 0. The molecule has 1 aliphatic heterocycles. The number of esters is 1. The number of hydrogen-bond donors (Lipinski definition) is 3. The second kappa shape index (κ2) is 14.7. The summed E-state index contributed by atoms with van der Waals surface area (Å²) in [5.74, 6) is -11.1. The standard InChI is InChI=1S/C30H35F4N3O9S/c1-15(2)24(36-29(42)46-30(3,4)5)28(41)45-25(27(39)40)16-8-10-37(11-9-16)47(43,44)22-12-17(6-7-19(22)31)26(38)35-18-13-20(32)23(34)21(33)14-18/h6-7,12-16,24-25H,8-11H2,1-5H3,(H,35,38)(H,36,42)(H,39,40). The first-order valence-corrected chi connectivity index (χ1v) is 15.8. The molecule has 12 nitrogen and oxygen atoms in total. The molecule has 0 aliphatic carbocycles. The summed E-state index contributed by atoms with van der Waals surface area (Å²) in [5, 5.41) is 14.3. The highest BCUT2D eigenvalue weighted by molar-refractivity contribution is 7.89. The fraction of sp³-hybridized carbons (Fsp3) is 0.467. The van der Waals surface area contributed by atoms with Crippen LogP contribution in [0.5, 0.6) is 0 Å². The zero-order valence-electron chi connectivity index (χ0n) is 26.1. The predicted octanol–water partition coefficient (Wildman–Crippen LogP) is 4.44. The van der Waals surface area contributed by atoms with Crippen molar-refractivity contribution >= 4 is 39.6 Å². The van der Waals surface area contributed by atoms with E-state index in [1.54, 1.807) is 34.6 Å². The number of carbonyl (C=O) groups excluding carboxylic acids is 3. The van der Waals surface area contributed by atoms with Crippen molar-refractivity contribution in [3.63, 3.8) is 0 Å². The summed E-state index contributed by atoms with van der Waals surface area (Å²) in [5.41, 5.74) is -1.74. The van der Waals surface area contributed by atoms with Crippen LogP contribution in [0.25, 0.3) is 0 Å². The molecule has 1 fully saturated rings. The Labute approximate surface area is 268 Å². The van der Waals surface area contributed by atoms with E-state index in [4.69, 9.17) is 9.47 Å². The van der Waals surface area contributed by atoms with E-state index in [9.17, 15) is 50.3 Å². The Morgan fingerprint density at radius 1 is 0.957 bits per heavy atom. The average Bonchev–Trinajstić information content (AvgIpc) is 2.96.